The Bertz CT molecular complexity index is 1590. The number of ketones is 1. The summed E-state index contributed by atoms with van der Waals surface area (Å²) in [7, 11) is 0. The van der Waals surface area contributed by atoms with Crippen molar-refractivity contribution in [2.24, 2.45) is 0 Å². The van der Waals surface area contributed by atoms with E-state index in [9.17, 15) is 24.6 Å². The van der Waals surface area contributed by atoms with Gasteiger partial charge in [-0.1, -0.05) is 17.4 Å². The largest absolute Gasteiger partial charge is 0.507 e. The highest BCUT2D eigenvalue weighted by molar-refractivity contribution is 7.22. The van der Waals surface area contributed by atoms with E-state index in [0.717, 1.165) is 16.9 Å². The summed E-state index contributed by atoms with van der Waals surface area (Å²) in [6.07, 6.45) is 1.54. The Labute approximate surface area is 215 Å². The number of carbonyl (C=O) groups is 3. The van der Waals surface area contributed by atoms with E-state index >= 15 is 0 Å². The molecule has 3 heterocycles. The zero-order valence-corrected chi connectivity index (χ0v) is 20.7. The van der Waals surface area contributed by atoms with Gasteiger partial charge in [-0.2, -0.15) is 0 Å². The van der Waals surface area contributed by atoms with Gasteiger partial charge in [-0.05, 0) is 67.9 Å². The van der Waals surface area contributed by atoms with Crippen molar-refractivity contribution in [3.8, 4) is 5.75 Å². The molecule has 0 radical (unpaired) electrons. The minimum absolute atomic E-state index is 0.0805. The standard InChI is InChI=1S/C27H21N3O6S/c1-3-36-19-10-8-15(12-14(19)2)23(31)21-22(18-6-4-5-11-28-18)30(25(33)24(21)32)27-29-17-9-7-16(26(34)35)13-20(17)37-27/h4-13,22,31H,3H2,1-2H3,(H,34,35)/b23-21+. The van der Waals surface area contributed by atoms with E-state index in [1.54, 1.807) is 42.5 Å². The summed E-state index contributed by atoms with van der Waals surface area (Å²) in [6.45, 7) is 4.17. The van der Waals surface area contributed by atoms with Gasteiger partial charge in [0.05, 0.1) is 33.7 Å². The monoisotopic (exact) mass is 515 g/mol. The van der Waals surface area contributed by atoms with Crippen LogP contribution in [0, 0.1) is 6.92 Å². The average Bonchev–Trinajstić information content (AvgIpc) is 3.43. The van der Waals surface area contributed by atoms with Crippen molar-refractivity contribution in [3.63, 3.8) is 0 Å². The van der Waals surface area contributed by atoms with Crippen LogP contribution in [0.4, 0.5) is 5.13 Å². The normalized spacial score (nSPS) is 16.9. The van der Waals surface area contributed by atoms with E-state index in [4.69, 9.17) is 4.74 Å². The third-order valence-electron chi connectivity index (χ3n) is 5.99. The number of hydrogen-bond acceptors (Lipinski definition) is 8. The molecule has 0 bridgehead atoms. The molecular formula is C27H21N3O6S. The molecule has 1 aliphatic rings. The number of hydrogen-bond donors (Lipinski definition) is 2. The number of benzene rings is 2. The van der Waals surface area contributed by atoms with Crippen LogP contribution in [0.1, 0.15) is 40.1 Å². The number of thiazole rings is 1. The van der Waals surface area contributed by atoms with Crippen molar-refractivity contribution in [2.45, 2.75) is 19.9 Å². The fourth-order valence-corrected chi connectivity index (χ4v) is 5.30. The molecule has 0 spiro atoms. The van der Waals surface area contributed by atoms with Crippen LogP contribution in [0.25, 0.3) is 16.0 Å². The minimum Gasteiger partial charge on any atom is -0.507 e. The number of carboxylic acids is 1. The molecule has 1 unspecified atom stereocenters. The lowest BCUT2D eigenvalue weighted by molar-refractivity contribution is -0.132. The van der Waals surface area contributed by atoms with Crippen LogP contribution in [-0.2, 0) is 9.59 Å². The van der Waals surface area contributed by atoms with Gasteiger partial charge in [0.25, 0.3) is 5.78 Å². The second-order valence-electron chi connectivity index (χ2n) is 8.32. The summed E-state index contributed by atoms with van der Waals surface area (Å²) in [5.41, 5.74) is 1.94. The number of Topliss-reactive ketones (excluding diaryl/α,β-unsaturated/α-hetero) is 1. The molecule has 37 heavy (non-hydrogen) atoms. The Kier molecular flexibility index (Phi) is 6.18. The molecule has 0 aliphatic carbocycles. The first kappa shape index (κ1) is 24.1. The number of fused-ring (bicyclic) bond motifs is 1. The van der Waals surface area contributed by atoms with E-state index in [2.05, 4.69) is 9.97 Å². The molecular weight excluding hydrogens is 494 g/mol. The van der Waals surface area contributed by atoms with E-state index in [-0.39, 0.29) is 22.0 Å². The molecule has 1 amide bonds. The Morgan fingerprint density at radius 1 is 1.08 bits per heavy atom. The Morgan fingerprint density at radius 3 is 2.54 bits per heavy atom. The van der Waals surface area contributed by atoms with Crippen molar-refractivity contribution in [2.75, 3.05) is 11.5 Å². The maximum absolute atomic E-state index is 13.3. The lowest BCUT2D eigenvalue weighted by atomic mass is 9.97. The summed E-state index contributed by atoms with van der Waals surface area (Å²) in [5, 5.41) is 20.8. The van der Waals surface area contributed by atoms with Gasteiger partial charge < -0.3 is 14.9 Å². The predicted molar refractivity (Wildman–Crippen MR) is 138 cm³/mol. The van der Waals surface area contributed by atoms with Crippen LogP contribution >= 0.6 is 11.3 Å². The van der Waals surface area contributed by atoms with Gasteiger partial charge in [-0.15, -0.1) is 0 Å². The van der Waals surface area contributed by atoms with Crippen LogP contribution in [0.3, 0.4) is 0 Å². The van der Waals surface area contributed by atoms with Gasteiger partial charge in [0.2, 0.25) is 0 Å². The fourth-order valence-electron chi connectivity index (χ4n) is 4.27. The number of rotatable bonds is 6. The van der Waals surface area contributed by atoms with Crippen molar-refractivity contribution in [1.29, 1.82) is 0 Å². The number of aryl methyl sites for hydroxylation is 1. The van der Waals surface area contributed by atoms with Crippen molar-refractivity contribution < 1.29 is 29.3 Å². The van der Waals surface area contributed by atoms with Crippen molar-refractivity contribution in [3.05, 3.63) is 88.8 Å². The molecule has 10 heteroatoms. The fraction of sp³-hybridized carbons (Fsp3) is 0.148. The van der Waals surface area contributed by atoms with Crippen LogP contribution in [0.15, 0.2) is 66.4 Å². The summed E-state index contributed by atoms with van der Waals surface area (Å²) >= 11 is 1.08. The SMILES string of the molecule is CCOc1ccc(/C(O)=C2\C(=O)C(=O)N(c3nc4ccc(C(=O)O)cc4s3)C2c2ccccn2)cc1C. The first-order valence-corrected chi connectivity index (χ1v) is 12.2. The first-order chi connectivity index (χ1) is 17.8. The second-order valence-corrected chi connectivity index (χ2v) is 9.33. The van der Waals surface area contributed by atoms with Gasteiger partial charge >= 0.3 is 11.9 Å². The zero-order chi connectivity index (χ0) is 26.3. The molecule has 186 valence electrons. The predicted octanol–water partition coefficient (Wildman–Crippen LogP) is 4.72. The number of carboxylic acid groups (broad SMARTS) is 1. The lowest BCUT2D eigenvalue weighted by Gasteiger charge is -2.22. The zero-order valence-electron chi connectivity index (χ0n) is 19.8. The molecule has 1 saturated heterocycles. The number of anilines is 1. The highest BCUT2D eigenvalue weighted by Crippen LogP contribution is 2.44. The number of nitrogens with zero attached hydrogens (tertiary/aromatic N) is 3. The van der Waals surface area contributed by atoms with Crippen molar-refractivity contribution >= 4 is 50.1 Å². The third-order valence-corrected chi connectivity index (χ3v) is 7.01. The maximum Gasteiger partial charge on any atom is 0.335 e. The number of aliphatic hydroxyl groups is 1. The quantitative estimate of drug-likeness (QED) is 0.214. The number of ether oxygens (including phenoxy) is 1. The van der Waals surface area contributed by atoms with Crippen LogP contribution < -0.4 is 9.64 Å². The average molecular weight is 516 g/mol. The van der Waals surface area contributed by atoms with Gasteiger partial charge in [-0.3, -0.25) is 19.5 Å². The second kappa shape index (κ2) is 9.47. The van der Waals surface area contributed by atoms with E-state index < -0.39 is 23.7 Å². The van der Waals surface area contributed by atoms with Gasteiger partial charge in [-0.25, -0.2) is 9.78 Å². The van der Waals surface area contributed by atoms with E-state index in [1.807, 2.05) is 13.8 Å². The van der Waals surface area contributed by atoms with E-state index in [1.165, 1.54) is 23.2 Å². The Balaban J connectivity index is 1.68. The number of amides is 1. The molecule has 0 saturated carbocycles. The molecule has 2 N–H and O–H groups in total. The van der Waals surface area contributed by atoms with Crippen LogP contribution in [0.5, 0.6) is 5.75 Å². The van der Waals surface area contributed by atoms with Gasteiger partial charge in [0, 0.05) is 11.8 Å². The van der Waals surface area contributed by atoms with Crippen LogP contribution in [-0.4, -0.2) is 44.4 Å². The van der Waals surface area contributed by atoms with Crippen molar-refractivity contribution in [1.82, 2.24) is 9.97 Å². The van der Waals surface area contributed by atoms with Gasteiger partial charge in [0.15, 0.2) is 5.13 Å². The number of pyridine rings is 1. The summed E-state index contributed by atoms with van der Waals surface area (Å²) in [6, 6.07) is 13.5. The van der Waals surface area contributed by atoms with Gasteiger partial charge in [0.1, 0.15) is 17.6 Å². The lowest BCUT2D eigenvalue weighted by Crippen LogP contribution is -2.29. The van der Waals surface area contributed by atoms with E-state index in [0.29, 0.717) is 33.8 Å². The molecule has 9 nitrogen and oxygen atoms in total. The number of aliphatic hydroxyl groups excluding tert-OH is 1. The highest BCUT2D eigenvalue weighted by atomic mass is 32.1. The molecule has 1 atom stereocenters. The first-order valence-electron chi connectivity index (χ1n) is 11.4. The van der Waals surface area contributed by atoms with Crippen LogP contribution in [0.2, 0.25) is 0 Å². The maximum atomic E-state index is 13.3. The molecule has 5 rings (SSSR count). The summed E-state index contributed by atoms with van der Waals surface area (Å²) < 4.78 is 6.11. The molecule has 1 fully saturated rings. The highest BCUT2D eigenvalue weighted by Gasteiger charge is 2.48. The molecule has 2 aromatic heterocycles. The number of aromatic nitrogens is 2. The minimum atomic E-state index is -1.09. The molecule has 4 aromatic rings. The number of aromatic carboxylic acids is 1. The Hall–Kier alpha value is -4.57. The summed E-state index contributed by atoms with van der Waals surface area (Å²) in [5.74, 6) is -2.51. The third kappa shape index (κ3) is 4.21. The smallest absolute Gasteiger partial charge is 0.335 e. The topological polar surface area (TPSA) is 130 Å². The summed E-state index contributed by atoms with van der Waals surface area (Å²) in [4.78, 5) is 48.2. The number of carbonyl (C=O) groups excluding carboxylic acids is 2. The Morgan fingerprint density at radius 2 is 1.86 bits per heavy atom. The molecule has 2 aromatic carbocycles. The molecule has 1 aliphatic heterocycles.